The van der Waals surface area contributed by atoms with E-state index in [0.29, 0.717) is 11.8 Å². The number of aromatic amines is 2. The maximum atomic E-state index is 13.1. The molecule has 2 fully saturated rings. The first-order valence-corrected chi connectivity index (χ1v) is 11.1. The molecule has 7 nitrogen and oxygen atoms in total. The number of aromatic nitrogens is 4. The number of imidazole rings is 1. The van der Waals surface area contributed by atoms with Crippen molar-refractivity contribution in [2.45, 2.75) is 64.5 Å². The molecule has 0 radical (unpaired) electrons. The number of rotatable bonds is 5. The molecule has 2 aromatic heterocycles. The van der Waals surface area contributed by atoms with Gasteiger partial charge in [0.2, 0.25) is 5.91 Å². The SMILES string of the molecule is CC(C)Cc1cc(CN2CCC3(CC2)c2nc[nH]c2CCN3C(=O)C2CC2)[nH]n1. The average Bonchev–Trinajstić information content (AvgIpc) is 3.28. The molecule has 4 heterocycles. The summed E-state index contributed by atoms with van der Waals surface area (Å²) in [7, 11) is 0. The highest BCUT2D eigenvalue weighted by atomic mass is 16.2. The minimum atomic E-state index is -0.222. The third-order valence-electron chi connectivity index (χ3n) is 6.83. The van der Waals surface area contributed by atoms with Gasteiger partial charge in [-0.25, -0.2) is 4.98 Å². The summed E-state index contributed by atoms with van der Waals surface area (Å²) in [6.45, 7) is 8.11. The number of piperidine rings is 1. The average molecular weight is 397 g/mol. The van der Waals surface area contributed by atoms with Gasteiger partial charge in [0.25, 0.3) is 0 Å². The molecular weight excluding hydrogens is 364 g/mol. The van der Waals surface area contributed by atoms with Crippen molar-refractivity contribution >= 4 is 5.91 Å². The molecule has 1 spiro atoms. The van der Waals surface area contributed by atoms with E-state index in [2.05, 4.69) is 44.9 Å². The Kier molecular flexibility index (Phi) is 4.73. The van der Waals surface area contributed by atoms with Crippen molar-refractivity contribution in [1.82, 2.24) is 30.0 Å². The summed E-state index contributed by atoms with van der Waals surface area (Å²) >= 11 is 0. The Labute approximate surface area is 172 Å². The second-order valence-corrected chi connectivity index (χ2v) is 9.53. The number of hydrogen-bond acceptors (Lipinski definition) is 4. The molecule has 1 saturated heterocycles. The van der Waals surface area contributed by atoms with Crippen LogP contribution in [0.15, 0.2) is 12.4 Å². The molecule has 2 aliphatic heterocycles. The molecule has 29 heavy (non-hydrogen) atoms. The molecule has 0 unspecified atom stereocenters. The molecule has 5 rings (SSSR count). The zero-order valence-electron chi connectivity index (χ0n) is 17.6. The fourth-order valence-electron chi connectivity index (χ4n) is 5.19. The quantitative estimate of drug-likeness (QED) is 0.814. The Morgan fingerprint density at radius 1 is 1.28 bits per heavy atom. The van der Waals surface area contributed by atoms with Gasteiger partial charge in [-0.15, -0.1) is 0 Å². The van der Waals surface area contributed by atoms with Gasteiger partial charge in [0.1, 0.15) is 0 Å². The van der Waals surface area contributed by atoms with Crippen molar-refractivity contribution < 1.29 is 4.79 Å². The van der Waals surface area contributed by atoms with E-state index in [1.165, 1.54) is 11.4 Å². The first-order chi connectivity index (χ1) is 14.0. The molecule has 1 aliphatic carbocycles. The highest BCUT2D eigenvalue weighted by Crippen LogP contribution is 2.45. The van der Waals surface area contributed by atoms with Crippen LogP contribution >= 0.6 is 0 Å². The van der Waals surface area contributed by atoms with Gasteiger partial charge < -0.3 is 9.88 Å². The summed E-state index contributed by atoms with van der Waals surface area (Å²) in [6, 6.07) is 2.21. The number of amides is 1. The van der Waals surface area contributed by atoms with Gasteiger partial charge in [-0.05, 0) is 44.1 Å². The molecule has 2 aromatic rings. The first kappa shape index (κ1) is 18.9. The fourth-order valence-corrected chi connectivity index (χ4v) is 5.19. The smallest absolute Gasteiger partial charge is 0.226 e. The van der Waals surface area contributed by atoms with Crippen LogP contribution in [0.4, 0.5) is 0 Å². The number of fused-ring (bicyclic) bond motifs is 2. The van der Waals surface area contributed by atoms with Crippen LogP contribution in [0.2, 0.25) is 0 Å². The zero-order chi connectivity index (χ0) is 20.0. The topological polar surface area (TPSA) is 80.9 Å². The Morgan fingerprint density at radius 3 is 2.79 bits per heavy atom. The summed E-state index contributed by atoms with van der Waals surface area (Å²) < 4.78 is 0. The molecule has 1 saturated carbocycles. The molecule has 0 atom stereocenters. The Hall–Kier alpha value is -2.15. The van der Waals surface area contributed by atoms with Gasteiger partial charge in [-0.2, -0.15) is 5.10 Å². The van der Waals surface area contributed by atoms with E-state index in [4.69, 9.17) is 4.98 Å². The number of nitrogens with zero attached hydrogens (tertiary/aromatic N) is 4. The van der Waals surface area contributed by atoms with E-state index >= 15 is 0 Å². The normalized spacial score (nSPS) is 21.7. The van der Waals surface area contributed by atoms with Gasteiger partial charge in [-0.3, -0.25) is 14.8 Å². The second-order valence-electron chi connectivity index (χ2n) is 9.53. The highest BCUT2D eigenvalue weighted by Gasteiger charge is 2.50. The van der Waals surface area contributed by atoms with Crippen LogP contribution < -0.4 is 0 Å². The number of likely N-dealkylation sites (tertiary alicyclic amines) is 1. The van der Waals surface area contributed by atoms with E-state index in [9.17, 15) is 4.79 Å². The Morgan fingerprint density at radius 2 is 2.07 bits per heavy atom. The van der Waals surface area contributed by atoms with Crippen LogP contribution in [-0.4, -0.2) is 55.5 Å². The lowest BCUT2D eigenvalue weighted by atomic mass is 9.78. The van der Waals surface area contributed by atoms with Crippen molar-refractivity contribution in [3.05, 3.63) is 35.2 Å². The fraction of sp³-hybridized carbons (Fsp3) is 0.682. The summed E-state index contributed by atoms with van der Waals surface area (Å²) in [5, 5.41) is 7.69. The third-order valence-corrected chi connectivity index (χ3v) is 6.83. The summed E-state index contributed by atoms with van der Waals surface area (Å²) in [6.07, 6.45) is 7.75. The minimum Gasteiger partial charge on any atom is -0.348 e. The van der Waals surface area contributed by atoms with Crippen LogP contribution in [0.5, 0.6) is 0 Å². The number of nitrogens with one attached hydrogen (secondary N) is 2. The number of carbonyl (C=O) groups is 1. The second kappa shape index (κ2) is 7.27. The zero-order valence-corrected chi connectivity index (χ0v) is 17.6. The van der Waals surface area contributed by atoms with Crippen LogP contribution in [0.3, 0.4) is 0 Å². The molecule has 3 aliphatic rings. The van der Waals surface area contributed by atoms with Gasteiger partial charge in [0, 0.05) is 49.9 Å². The van der Waals surface area contributed by atoms with Gasteiger partial charge in [0.05, 0.1) is 23.3 Å². The van der Waals surface area contributed by atoms with Crippen molar-refractivity contribution in [2.24, 2.45) is 11.8 Å². The molecule has 1 amide bonds. The predicted octanol–water partition coefficient (Wildman–Crippen LogP) is 2.62. The van der Waals surface area contributed by atoms with Gasteiger partial charge in [0.15, 0.2) is 0 Å². The molecule has 0 bridgehead atoms. The Balaban J connectivity index is 1.30. The van der Waals surface area contributed by atoms with E-state index in [0.717, 1.165) is 76.1 Å². The summed E-state index contributed by atoms with van der Waals surface area (Å²) in [5.41, 5.74) is 4.47. The summed E-state index contributed by atoms with van der Waals surface area (Å²) in [5.74, 6) is 1.24. The standard InChI is InChI=1S/C22H32N6O/c1-15(2)11-17-12-18(26-25-17)13-27-9-6-22(7-10-27)20-19(23-14-24-20)5-8-28(22)21(29)16-3-4-16/h12,14-16H,3-11,13H2,1-2H3,(H,23,24)(H,25,26). The predicted molar refractivity (Wildman–Crippen MR) is 110 cm³/mol. The van der Waals surface area contributed by atoms with E-state index in [-0.39, 0.29) is 11.5 Å². The molecule has 0 aromatic carbocycles. The van der Waals surface area contributed by atoms with Crippen molar-refractivity contribution in [1.29, 1.82) is 0 Å². The van der Waals surface area contributed by atoms with E-state index < -0.39 is 0 Å². The lowest BCUT2D eigenvalue weighted by Gasteiger charge is -2.50. The Bertz CT molecular complexity index is 872. The van der Waals surface area contributed by atoms with Crippen LogP contribution in [0.25, 0.3) is 0 Å². The van der Waals surface area contributed by atoms with Crippen LogP contribution in [0.1, 0.15) is 62.3 Å². The number of carbonyl (C=O) groups excluding carboxylic acids is 1. The largest absolute Gasteiger partial charge is 0.348 e. The molecule has 156 valence electrons. The first-order valence-electron chi connectivity index (χ1n) is 11.1. The van der Waals surface area contributed by atoms with Crippen molar-refractivity contribution in [3.63, 3.8) is 0 Å². The maximum absolute atomic E-state index is 13.1. The lowest BCUT2D eigenvalue weighted by molar-refractivity contribution is -0.143. The highest BCUT2D eigenvalue weighted by molar-refractivity contribution is 5.82. The molecule has 2 N–H and O–H groups in total. The molecule has 7 heteroatoms. The number of H-pyrrole nitrogens is 2. The van der Waals surface area contributed by atoms with E-state index in [1.54, 1.807) is 0 Å². The van der Waals surface area contributed by atoms with Gasteiger partial charge >= 0.3 is 0 Å². The monoisotopic (exact) mass is 396 g/mol. The summed E-state index contributed by atoms with van der Waals surface area (Å²) in [4.78, 5) is 25.8. The molecular formula is C22H32N6O. The van der Waals surface area contributed by atoms with Gasteiger partial charge in [-0.1, -0.05) is 13.8 Å². The third kappa shape index (κ3) is 3.50. The van der Waals surface area contributed by atoms with Crippen LogP contribution in [-0.2, 0) is 29.7 Å². The minimum absolute atomic E-state index is 0.222. The van der Waals surface area contributed by atoms with E-state index in [1.807, 2.05) is 6.33 Å². The number of hydrogen-bond donors (Lipinski definition) is 2. The lowest BCUT2D eigenvalue weighted by Crippen LogP contribution is -2.58. The maximum Gasteiger partial charge on any atom is 0.226 e. The van der Waals surface area contributed by atoms with Crippen LogP contribution in [0, 0.1) is 11.8 Å². The van der Waals surface area contributed by atoms with Crippen molar-refractivity contribution in [2.75, 3.05) is 19.6 Å². The van der Waals surface area contributed by atoms with Crippen molar-refractivity contribution in [3.8, 4) is 0 Å².